The van der Waals surface area contributed by atoms with Crippen molar-refractivity contribution in [3.63, 3.8) is 0 Å². The largest absolute Gasteiger partial charge is 0.467 e. The monoisotopic (exact) mass is 420 g/mol. The van der Waals surface area contributed by atoms with Crippen LogP contribution in [-0.2, 0) is 20.9 Å². The van der Waals surface area contributed by atoms with Crippen molar-refractivity contribution in [1.29, 1.82) is 0 Å². The zero-order valence-corrected chi connectivity index (χ0v) is 17.8. The first-order valence-corrected chi connectivity index (χ1v) is 10.6. The number of nitrogens with one attached hydrogen (secondary N) is 2. The summed E-state index contributed by atoms with van der Waals surface area (Å²) in [5.74, 6) is 0.634. The minimum atomic E-state index is -0.553. The van der Waals surface area contributed by atoms with E-state index in [1.54, 1.807) is 29.2 Å². The Morgan fingerprint density at radius 3 is 2.70 bits per heavy atom. The van der Waals surface area contributed by atoms with Crippen LogP contribution < -0.4 is 10.6 Å². The van der Waals surface area contributed by atoms with E-state index in [1.165, 1.54) is 0 Å². The molecule has 0 radical (unpaired) electrons. The van der Waals surface area contributed by atoms with Crippen LogP contribution in [-0.4, -0.2) is 73.6 Å². The number of carbonyl (C=O) groups is 3. The second-order valence-corrected chi connectivity index (χ2v) is 7.95. The molecule has 1 atom stereocenters. The maximum atomic E-state index is 13.2. The van der Waals surface area contributed by atoms with Crippen LogP contribution in [0.5, 0.6) is 0 Å². The van der Waals surface area contributed by atoms with Gasteiger partial charge in [-0.15, -0.1) is 0 Å². The molecule has 2 fully saturated rings. The summed E-state index contributed by atoms with van der Waals surface area (Å²) in [5.41, 5.74) is -0.553. The van der Waals surface area contributed by atoms with Gasteiger partial charge in [-0.05, 0) is 44.7 Å². The van der Waals surface area contributed by atoms with E-state index in [-0.39, 0.29) is 17.8 Å². The quantitative estimate of drug-likeness (QED) is 0.618. The summed E-state index contributed by atoms with van der Waals surface area (Å²) in [6, 6.07) is 2.99. The highest BCUT2D eigenvalue weighted by Crippen LogP contribution is 2.44. The van der Waals surface area contributed by atoms with Crippen molar-refractivity contribution in [3.8, 4) is 0 Å². The molecule has 2 saturated heterocycles. The number of nitrogens with zero attached hydrogens (tertiary/aromatic N) is 2. The van der Waals surface area contributed by atoms with Gasteiger partial charge in [-0.1, -0.05) is 0 Å². The number of rotatable bonds is 8. The molecule has 3 heterocycles. The summed E-state index contributed by atoms with van der Waals surface area (Å²) in [6.45, 7) is 4.85. The van der Waals surface area contributed by atoms with Crippen LogP contribution in [0, 0.1) is 5.41 Å². The Morgan fingerprint density at radius 1 is 1.30 bits per heavy atom. The van der Waals surface area contributed by atoms with E-state index in [0.29, 0.717) is 64.4 Å². The van der Waals surface area contributed by atoms with Gasteiger partial charge in [0.15, 0.2) is 0 Å². The van der Waals surface area contributed by atoms with Gasteiger partial charge in [-0.2, -0.15) is 0 Å². The van der Waals surface area contributed by atoms with E-state index in [1.807, 2.05) is 13.0 Å². The first kappa shape index (κ1) is 22.1. The topological polar surface area (TPSA) is 104 Å². The number of carbonyl (C=O) groups excluding carboxylic acids is 3. The number of hydrogen-bond donors (Lipinski definition) is 2. The highest BCUT2D eigenvalue weighted by molar-refractivity contribution is 5.94. The highest BCUT2D eigenvalue weighted by Gasteiger charge is 2.54. The number of furan rings is 1. The van der Waals surface area contributed by atoms with Gasteiger partial charge in [0.1, 0.15) is 11.8 Å². The summed E-state index contributed by atoms with van der Waals surface area (Å²) in [7, 11) is 1.63. The third-order valence-electron chi connectivity index (χ3n) is 6.14. The first-order valence-electron chi connectivity index (χ1n) is 10.6. The Balaban J connectivity index is 1.54. The molecule has 4 amide bonds. The Hall–Kier alpha value is -2.55. The molecule has 2 aliphatic heterocycles. The standard InChI is InChI=1S/C21H32N4O5/c1-3-25-17(18(26)22-9-5-12-29-2)14-21(19(25)27)7-10-24(11-8-21)20(28)23-15-16-6-4-13-30-16/h4,6,13,17H,3,5,7-12,14-15H2,1-2H3,(H,22,26)(H,23,28). The van der Waals surface area contributed by atoms with Crippen molar-refractivity contribution in [3.05, 3.63) is 24.2 Å². The normalized spacial score (nSPS) is 20.6. The van der Waals surface area contributed by atoms with Crippen molar-refractivity contribution in [2.75, 3.05) is 39.9 Å². The molecule has 0 aliphatic carbocycles. The molecule has 30 heavy (non-hydrogen) atoms. The van der Waals surface area contributed by atoms with E-state index in [4.69, 9.17) is 9.15 Å². The zero-order valence-electron chi connectivity index (χ0n) is 17.8. The smallest absolute Gasteiger partial charge is 0.317 e. The molecule has 0 aromatic carbocycles. The predicted octanol–water partition coefficient (Wildman–Crippen LogP) is 1.34. The molecule has 1 unspecified atom stereocenters. The van der Waals surface area contributed by atoms with Crippen LogP contribution in [0.15, 0.2) is 22.8 Å². The molecule has 9 heteroatoms. The number of hydrogen-bond acceptors (Lipinski definition) is 5. The fourth-order valence-electron chi connectivity index (χ4n) is 4.40. The first-order chi connectivity index (χ1) is 14.5. The lowest BCUT2D eigenvalue weighted by atomic mass is 9.76. The molecule has 3 rings (SSSR count). The van der Waals surface area contributed by atoms with Crippen molar-refractivity contribution in [1.82, 2.24) is 20.4 Å². The number of likely N-dealkylation sites (tertiary alicyclic amines) is 2. The molecule has 166 valence electrons. The van der Waals surface area contributed by atoms with Gasteiger partial charge in [-0.3, -0.25) is 9.59 Å². The number of ether oxygens (including phenoxy) is 1. The molecule has 0 bridgehead atoms. The average Bonchev–Trinajstić information content (AvgIpc) is 3.37. The summed E-state index contributed by atoms with van der Waals surface area (Å²) in [6.07, 6.45) is 3.97. The number of piperidine rings is 1. The van der Waals surface area contributed by atoms with Crippen LogP contribution in [0.4, 0.5) is 4.79 Å². The van der Waals surface area contributed by atoms with Crippen LogP contribution in [0.2, 0.25) is 0 Å². The predicted molar refractivity (Wildman–Crippen MR) is 109 cm³/mol. The van der Waals surface area contributed by atoms with E-state index in [0.717, 1.165) is 6.42 Å². The van der Waals surface area contributed by atoms with Gasteiger partial charge < -0.3 is 29.6 Å². The van der Waals surface area contributed by atoms with Gasteiger partial charge in [-0.25, -0.2) is 4.79 Å². The number of urea groups is 1. The van der Waals surface area contributed by atoms with Gasteiger partial charge in [0.25, 0.3) is 0 Å². The van der Waals surface area contributed by atoms with Crippen molar-refractivity contribution < 1.29 is 23.5 Å². The van der Waals surface area contributed by atoms with E-state index < -0.39 is 11.5 Å². The molecular weight excluding hydrogens is 388 g/mol. The van der Waals surface area contributed by atoms with Gasteiger partial charge in [0.05, 0.1) is 18.2 Å². The zero-order chi connectivity index (χ0) is 21.6. The number of amides is 4. The van der Waals surface area contributed by atoms with E-state index in [9.17, 15) is 14.4 Å². The summed E-state index contributed by atoms with van der Waals surface area (Å²) < 4.78 is 10.2. The number of likely N-dealkylation sites (N-methyl/N-ethyl adjacent to an activating group) is 1. The van der Waals surface area contributed by atoms with Crippen molar-refractivity contribution >= 4 is 17.8 Å². The lowest BCUT2D eigenvalue weighted by Crippen LogP contribution is -2.49. The summed E-state index contributed by atoms with van der Waals surface area (Å²) in [5, 5.41) is 5.78. The minimum Gasteiger partial charge on any atom is -0.467 e. The molecule has 1 aromatic heterocycles. The summed E-state index contributed by atoms with van der Waals surface area (Å²) in [4.78, 5) is 41.7. The van der Waals surface area contributed by atoms with Gasteiger partial charge in [0.2, 0.25) is 11.8 Å². The number of methoxy groups -OCH3 is 1. The van der Waals surface area contributed by atoms with Crippen LogP contribution >= 0.6 is 0 Å². The molecular formula is C21H32N4O5. The Labute approximate surface area is 177 Å². The van der Waals surface area contributed by atoms with Crippen molar-refractivity contribution in [2.45, 2.75) is 45.2 Å². The molecule has 0 saturated carbocycles. The molecule has 2 aliphatic rings. The van der Waals surface area contributed by atoms with Crippen molar-refractivity contribution in [2.24, 2.45) is 5.41 Å². The lowest BCUT2D eigenvalue weighted by molar-refractivity contribution is -0.140. The third kappa shape index (κ3) is 4.77. The lowest BCUT2D eigenvalue weighted by Gasteiger charge is -2.37. The molecule has 1 aromatic rings. The Morgan fingerprint density at radius 2 is 2.07 bits per heavy atom. The van der Waals surface area contributed by atoms with E-state index >= 15 is 0 Å². The fraction of sp³-hybridized carbons (Fsp3) is 0.667. The SMILES string of the molecule is CCN1C(=O)C2(CCN(C(=O)NCc3ccco3)CC2)CC1C(=O)NCCCOC. The molecule has 9 nitrogen and oxygen atoms in total. The summed E-state index contributed by atoms with van der Waals surface area (Å²) >= 11 is 0. The highest BCUT2D eigenvalue weighted by atomic mass is 16.5. The van der Waals surface area contributed by atoms with Crippen LogP contribution in [0.3, 0.4) is 0 Å². The second-order valence-electron chi connectivity index (χ2n) is 7.95. The Bertz CT molecular complexity index is 728. The minimum absolute atomic E-state index is 0.0395. The third-order valence-corrected chi connectivity index (χ3v) is 6.14. The maximum Gasteiger partial charge on any atom is 0.317 e. The second kappa shape index (κ2) is 9.97. The van der Waals surface area contributed by atoms with Gasteiger partial charge in [0, 0.05) is 39.9 Å². The Kier molecular flexibility index (Phi) is 7.36. The van der Waals surface area contributed by atoms with E-state index in [2.05, 4.69) is 10.6 Å². The van der Waals surface area contributed by atoms with Gasteiger partial charge >= 0.3 is 6.03 Å². The average molecular weight is 421 g/mol. The molecule has 1 spiro atoms. The van der Waals surface area contributed by atoms with Crippen LogP contribution in [0.1, 0.15) is 38.4 Å². The molecule has 2 N–H and O–H groups in total. The fourth-order valence-corrected chi connectivity index (χ4v) is 4.40. The maximum absolute atomic E-state index is 13.2. The van der Waals surface area contributed by atoms with Crippen LogP contribution in [0.25, 0.3) is 0 Å².